The van der Waals surface area contributed by atoms with Crippen LogP contribution in [0.25, 0.3) is 0 Å². The van der Waals surface area contributed by atoms with Gasteiger partial charge in [-0.3, -0.25) is 4.90 Å². The van der Waals surface area contributed by atoms with E-state index in [0.29, 0.717) is 21.8 Å². The molecular formula is C62H123NS. The summed E-state index contributed by atoms with van der Waals surface area (Å²) in [6.45, 7) is 68.4. The first-order valence-corrected chi connectivity index (χ1v) is 27.9. The summed E-state index contributed by atoms with van der Waals surface area (Å²) in [5.74, 6) is 3.85. The summed E-state index contributed by atoms with van der Waals surface area (Å²) in [5.41, 5.74) is 6.38. The van der Waals surface area contributed by atoms with E-state index in [-0.39, 0.29) is 5.41 Å². The second-order valence-electron chi connectivity index (χ2n) is 22.8. The van der Waals surface area contributed by atoms with Gasteiger partial charge in [-0.2, -0.15) is 0 Å². The average Bonchev–Trinajstić information content (AvgIpc) is 3.69. The molecule has 0 amide bonds. The van der Waals surface area contributed by atoms with E-state index in [0.717, 1.165) is 23.7 Å². The van der Waals surface area contributed by atoms with Gasteiger partial charge in [0, 0.05) is 15.3 Å². The van der Waals surface area contributed by atoms with Gasteiger partial charge in [0.05, 0.1) is 0 Å². The first-order valence-electron chi connectivity index (χ1n) is 27.1. The van der Waals surface area contributed by atoms with E-state index in [2.05, 4.69) is 186 Å². The minimum atomic E-state index is 0.285. The van der Waals surface area contributed by atoms with Crippen LogP contribution in [0.4, 0.5) is 0 Å². The van der Waals surface area contributed by atoms with Crippen LogP contribution in [-0.2, 0) is 10.8 Å². The molecule has 2 heteroatoms. The zero-order valence-electron chi connectivity index (χ0n) is 50.0. The highest BCUT2D eigenvalue weighted by Crippen LogP contribution is 2.39. The van der Waals surface area contributed by atoms with Crippen LogP contribution >= 0.6 is 11.3 Å². The van der Waals surface area contributed by atoms with Gasteiger partial charge in [-0.25, -0.2) is 0 Å². The summed E-state index contributed by atoms with van der Waals surface area (Å²) in [6.07, 6.45) is 15.1. The summed E-state index contributed by atoms with van der Waals surface area (Å²) in [5, 5.41) is 0. The standard InChI is InChI=1S/C11H22.C11H20.C11H16.C10H21N.C9H14S.5C2H6/c3*1-9-5-7-10(8-6-9)11(2,3)4;1-9-5-7-11(8-6-9)10(2,3)4;1-7-5-6-8(10-7)9(2,3)4;5*1-2/h9-10H,5-8H2,1-4H3;7,9H,5-6,8H2,1-4H3;5-8H,1-4H3;9H,5-8H2,1-4H3;5-6H,1-4H3;5*1-2H3. The summed E-state index contributed by atoms with van der Waals surface area (Å²) < 4.78 is 0. The third-order valence-electron chi connectivity index (χ3n) is 12.0. The minimum Gasteiger partial charge on any atom is -0.298 e. The highest BCUT2D eigenvalue weighted by molar-refractivity contribution is 7.12. The van der Waals surface area contributed by atoms with Gasteiger partial charge >= 0.3 is 0 Å². The van der Waals surface area contributed by atoms with E-state index in [1.165, 1.54) is 91.8 Å². The monoisotopic (exact) mass is 914 g/mol. The fraction of sp³-hybridized carbons (Fsp3) is 0.806. The molecule has 5 rings (SSSR count). The van der Waals surface area contributed by atoms with Crippen molar-refractivity contribution in [1.82, 2.24) is 4.90 Å². The molecule has 2 aliphatic carbocycles. The molecule has 0 bridgehead atoms. The fourth-order valence-electron chi connectivity index (χ4n) is 7.34. The first kappa shape index (κ1) is 71.6. The van der Waals surface area contributed by atoms with Gasteiger partial charge in [0.15, 0.2) is 0 Å². The molecule has 1 atom stereocenters. The van der Waals surface area contributed by atoms with Gasteiger partial charge in [-0.1, -0.05) is 227 Å². The lowest BCUT2D eigenvalue weighted by molar-refractivity contribution is 0.0916. The highest BCUT2D eigenvalue weighted by Gasteiger charge is 2.28. The Morgan fingerprint density at radius 1 is 0.469 bits per heavy atom. The van der Waals surface area contributed by atoms with Crippen molar-refractivity contribution in [3.63, 3.8) is 0 Å². The summed E-state index contributed by atoms with van der Waals surface area (Å²) in [4.78, 5) is 5.47. The van der Waals surface area contributed by atoms with E-state index >= 15 is 0 Å². The first-order chi connectivity index (χ1) is 29.5. The maximum atomic E-state index is 2.59. The summed E-state index contributed by atoms with van der Waals surface area (Å²) in [6, 6.07) is 13.1. The van der Waals surface area contributed by atoms with Crippen molar-refractivity contribution >= 4 is 11.3 Å². The maximum Gasteiger partial charge on any atom is 0.0125 e. The van der Waals surface area contributed by atoms with Crippen LogP contribution < -0.4 is 0 Å². The van der Waals surface area contributed by atoms with E-state index < -0.39 is 0 Å². The molecule has 382 valence electrons. The SMILES string of the molecule is CC.CC.CC.CC.CC.CC1CC=C(C(C)(C)C)CC1.CC1CCC(C(C)(C)C)CC1.CC1CCN(C(C)(C)C)CC1.Cc1ccc(C(C)(C)C)cc1.Cc1ccc(C(C)(C)C)s1. The van der Waals surface area contributed by atoms with Crippen LogP contribution in [0, 0.1) is 48.3 Å². The lowest BCUT2D eigenvalue weighted by Crippen LogP contribution is -2.45. The number of rotatable bonds is 0. The van der Waals surface area contributed by atoms with Gasteiger partial charge in [0.1, 0.15) is 0 Å². The minimum absolute atomic E-state index is 0.285. The van der Waals surface area contributed by atoms with Gasteiger partial charge in [-0.05, 0) is 156 Å². The molecule has 2 heterocycles. The van der Waals surface area contributed by atoms with Crippen molar-refractivity contribution < 1.29 is 0 Å². The van der Waals surface area contributed by atoms with Crippen molar-refractivity contribution in [1.29, 1.82) is 0 Å². The van der Waals surface area contributed by atoms with Gasteiger partial charge in [-0.15, -0.1) is 11.3 Å². The molecule has 2 fully saturated rings. The second-order valence-corrected chi connectivity index (χ2v) is 24.1. The zero-order valence-corrected chi connectivity index (χ0v) is 50.8. The van der Waals surface area contributed by atoms with Crippen molar-refractivity contribution in [3.05, 3.63) is 68.9 Å². The number of hydrogen-bond acceptors (Lipinski definition) is 2. The van der Waals surface area contributed by atoms with Gasteiger partial charge in [0.2, 0.25) is 0 Å². The smallest absolute Gasteiger partial charge is 0.0125 e. The molecule has 64 heavy (non-hydrogen) atoms. The van der Waals surface area contributed by atoms with E-state index in [1.807, 2.05) is 80.6 Å². The predicted octanol–water partition coefficient (Wildman–Crippen LogP) is 21.9. The lowest BCUT2D eigenvalue weighted by Gasteiger charge is -2.40. The number of benzene rings is 1. The number of hydrogen-bond donors (Lipinski definition) is 0. The quantitative estimate of drug-likeness (QED) is 0.238. The van der Waals surface area contributed by atoms with Crippen molar-refractivity contribution in [2.75, 3.05) is 13.1 Å². The Labute approximate surface area is 412 Å². The highest BCUT2D eigenvalue weighted by atomic mass is 32.1. The van der Waals surface area contributed by atoms with E-state index in [9.17, 15) is 0 Å². The molecule has 1 aromatic carbocycles. The summed E-state index contributed by atoms with van der Waals surface area (Å²) in [7, 11) is 0. The van der Waals surface area contributed by atoms with Crippen LogP contribution in [0.1, 0.15) is 273 Å². The van der Waals surface area contributed by atoms with E-state index in [4.69, 9.17) is 0 Å². The largest absolute Gasteiger partial charge is 0.298 e. The Morgan fingerprint density at radius 3 is 1.17 bits per heavy atom. The molecule has 1 nitrogen and oxygen atoms in total. The number of nitrogens with zero attached hydrogens (tertiary/aromatic N) is 1. The number of aryl methyl sites for hydroxylation is 2. The molecule has 0 spiro atoms. The van der Waals surface area contributed by atoms with Crippen LogP contribution in [0.15, 0.2) is 48.0 Å². The molecule has 2 aromatic rings. The number of likely N-dealkylation sites (tertiary alicyclic amines) is 1. The Hall–Kier alpha value is -1.38. The maximum absolute atomic E-state index is 2.59. The van der Waals surface area contributed by atoms with Gasteiger partial charge in [0.25, 0.3) is 0 Å². The number of allylic oxidation sites excluding steroid dienone is 2. The lowest BCUT2D eigenvalue weighted by atomic mass is 9.70. The molecule has 3 aliphatic rings. The number of thiophene rings is 1. The number of piperidine rings is 1. The molecule has 1 aromatic heterocycles. The van der Waals surface area contributed by atoms with Crippen molar-refractivity contribution in [2.45, 2.75) is 282 Å². The topological polar surface area (TPSA) is 3.24 Å². The molecule has 1 unspecified atom stereocenters. The van der Waals surface area contributed by atoms with E-state index in [1.54, 1.807) is 5.57 Å². The molecule has 0 radical (unpaired) electrons. The van der Waals surface area contributed by atoms with Crippen LogP contribution in [0.3, 0.4) is 0 Å². The molecular weight excluding hydrogens is 791 g/mol. The fourth-order valence-corrected chi connectivity index (χ4v) is 8.27. The van der Waals surface area contributed by atoms with Gasteiger partial charge < -0.3 is 0 Å². The Balaban J connectivity index is -0.000000216. The van der Waals surface area contributed by atoms with Crippen LogP contribution in [-0.4, -0.2) is 23.5 Å². The van der Waals surface area contributed by atoms with Crippen molar-refractivity contribution in [3.8, 4) is 0 Å². The molecule has 1 saturated heterocycles. The van der Waals surface area contributed by atoms with Crippen molar-refractivity contribution in [2.24, 2.45) is 34.5 Å². The summed E-state index contributed by atoms with van der Waals surface area (Å²) >= 11 is 1.89. The third kappa shape index (κ3) is 35.8. The Morgan fingerprint density at radius 2 is 0.891 bits per heavy atom. The normalized spacial score (nSPS) is 18.8. The average molecular weight is 915 g/mol. The Kier molecular flexibility index (Phi) is 42.1. The van der Waals surface area contributed by atoms with Crippen LogP contribution in [0.5, 0.6) is 0 Å². The molecule has 1 aliphatic heterocycles. The molecule has 1 saturated carbocycles. The Bertz CT molecular complexity index is 1270. The second kappa shape index (κ2) is 37.6. The zero-order chi connectivity index (χ0) is 51.7. The third-order valence-corrected chi connectivity index (χ3v) is 13.4. The predicted molar refractivity (Wildman–Crippen MR) is 305 cm³/mol. The van der Waals surface area contributed by atoms with Crippen LogP contribution in [0.2, 0.25) is 0 Å². The molecule has 0 N–H and O–H groups in total.